The van der Waals surface area contributed by atoms with Gasteiger partial charge in [-0.05, 0) is 43.7 Å². The number of aromatic amines is 1. The summed E-state index contributed by atoms with van der Waals surface area (Å²) >= 11 is 0. The van der Waals surface area contributed by atoms with Gasteiger partial charge in [-0.3, -0.25) is 24.9 Å². The summed E-state index contributed by atoms with van der Waals surface area (Å²) in [5.74, 6) is -0.778. The minimum Gasteiger partial charge on any atom is -0.462 e. The third-order valence-corrected chi connectivity index (χ3v) is 6.15. The monoisotopic (exact) mass is 482 g/mol. The number of aromatic nitrogens is 2. The van der Waals surface area contributed by atoms with Crippen molar-refractivity contribution in [1.82, 2.24) is 10.2 Å². The SMILES string of the molecule is CCOC(=O)c1ccc(N2C(=O)c3[nH]nc(-c4ccc(C)cc4)c3[C@H]2c2cccc([N+](=O)[O-])c2)cc1. The van der Waals surface area contributed by atoms with Gasteiger partial charge in [-0.2, -0.15) is 5.10 Å². The first kappa shape index (κ1) is 23.0. The van der Waals surface area contributed by atoms with E-state index in [0.717, 1.165) is 11.1 Å². The maximum Gasteiger partial charge on any atom is 0.338 e. The summed E-state index contributed by atoms with van der Waals surface area (Å²) in [6, 6.07) is 19.9. The Kier molecular flexibility index (Phi) is 5.81. The predicted molar refractivity (Wildman–Crippen MR) is 133 cm³/mol. The Bertz CT molecular complexity index is 1480. The van der Waals surface area contributed by atoms with Crippen LogP contribution < -0.4 is 4.90 Å². The topological polar surface area (TPSA) is 118 Å². The largest absolute Gasteiger partial charge is 0.462 e. The summed E-state index contributed by atoms with van der Waals surface area (Å²) in [7, 11) is 0. The summed E-state index contributed by atoms with van der Waals surface area (Å²) in [5.41, 5.74) is 4.84. The van der Waals surface area contributed by atoms with Crippen LogP contribution in [0.1, 0.15) is 50.5 Å². The van der Waals surface area contributed by atoms with Crippen LogP contribution in [0.4, 0.5) is 11.4 Å². The number of carbonyl (C=O) groups is 2. The zero-order chi connectivity index (χ0) is 25.4. The van der Waals surface area contributed by atoms with E-state index in [-0.39, 0.29) is 18.2 Å². The highest BCUT2D eigenvalue weighted by Crippen LogP contribution is 2.45. The number of rotatable bonds is 6. The Morgan fingerprint density at radius 3 is 2.50 bits per heavy atom. The third-order valence-electron chi connectivity index (χ3n) is 6.15. The second kappa shape index (κ2) is 9.10. The molecule has 0 saturated carbocycles. The molecular formula is C27H22N4O5. The van der Waals surface area contributed by atoms with Crippen LogP contribution in [0.5, 0.6) is 0 Å². The van der Waals surface area contributed by atoms with Crippen molar-refractivity contribution in [2.75, 3.05) is 11.5 Å². The number of non-ortho nitro benzene ring substituents is 1. The molecule has 1 aliphatic heterocycles. The van der Waals surface area contributed by atoms with Gasteiger partial charge in [0.25, 0.3) is 11.6 Å². The standard InChI is InChI=1S/C27H22N4O5/c1-3-36-27(33)18-11-13-20(14-12-18)30-25(19-5-4-6-21(15-19)31(34)35)22-23(28-29-24(22)26(30)32)17-9-7-16(2)8-10-17/h4-15,25H,3H2,1-2H3,(H,28,29)/t25-/m1/s1. The van der Waals surface area contributed by atoms with E-state index in [1.165, 1.54) is 12.1 Å². The summed E-state index contributed by atoms with van der Waals surface area (Å²) in [6.07, 6.45) is 0. The van der Waals surface area contributed by atoms with Crippen molar-refractivity contribution in [2.45, 2.75) is 19.9 Å². The molecule has 1 aliphatic rings. The van der Waals surface area contributed by atoms with Gasteiger partial charge in [0.05, 0.1) is 28.8 Å². The Balaban J connectivity index is 1.66. The molecule has 0 fully saturated rings. The summed E-state index contributed by atoms with van der Waals surface area (Å²) < 4.78 is 5.06. The number of hydrogen-bond donors (Lipinski definition) is 1. The molecule has 3 aromatic carbocycles. The number of anilines is 1. The van der Waals surface area contributed by atoms with Gasteiger partial charge < -0.3 is 4.74 Å². The normalized spacial score (nSPS) is 14.6. The minimum atomic E-state index is -0.670. The molecule has 5 rings (SSSR count). The number of fused-ring (bicyclic) bond motifs is 1. The second-order valence-electron chi connectivity index (χ2n) is 8.42. The number of H-pyrrole nitrogens is 1. The van der Waals surface area contributed by atoms with Crippen molar-refractivity contribution in [3.05, 3.63) is 111 Å². The summed E-state index contributed by atoms with van der Waals surface area (Å²) in [5, 5.41) is 18.8. The number of carbonyl (C=O) groups excluding carboxylic acids is 2. The summed E-state index contributed by atoms with van der Waals surface area (Å²) in [4.78, 5) is 38.4. The zero-order valence-corrected chi connectivity index (χ0v) is 19.6. The Morgan fingerprint density at radius 2 is 1.83 bits per heavy atom. The average molecular weight is 482 g/mol. The lowest BCUT2D eigenvalue weighted by molar-refractivity contribution is -0.384. The fourth-order valence-corrected chi connectivity index (χ4v) is 4.44. The van der Waals surface area contributed by atoms with Crippen LogP contribution in [0, 0.1) is 17.0 Å². The summed E-state index contributed by atoms with van der Waals surface area (Å²) in [6.45, 7) is 3.96. The van der Waals surface area contributed by atoms with Crippen LogP contribution in [-0.4, -0.2) is 33.6 Å². The fraction of sp³-hybridized carbons (Fsp3) is 0.148. The van der Waals surface area contributed by atoms with Gasteiger partial charge in [0.15, 0.2) is 0 Å². The quantitative estimate of drug-likeness (QED) is 0.229. The lowest BCUT2D eigenvalue weighted by Crippen LogP contribution is -2.29. The first-order valence-electron chi connectivity index (χ1n) is 11.4. The van der Waals surface area contributed by atoms with E-state index in [0.29, 0.717) is 33.8 Å². The van der Waals surface area contributed by atoms with Gasteiger partial charge in [0.1, 0.15) is 5.69 Å². The molecule has 4 aromatic rings. The van der Waals surface area contributed by atoms with E-state index in [9.17, 15) is 19.7 Å². The Labute approximate surface area is 206 Å². The maximum absolute atomic E-state index is 13.6. The Morgan fingerprint density at radius 1 is 1.11 bits per heavy atom. The van der Waals surface area contributed by atoms with Crippen molar-refractivity contribution in [2.24, 2.45) is 0 Å². The number of nitro benzene ring substituents is 1. The maximum atomic E-state index is 13.6. The molecule has 0 spiro atoms. The van der Waals surface area contributed by atoms with Gasteiger partial charge in [0.2, 0.25) is 0 Å². The molecule has 1 amide bonds. The minimum absolute atomic E-state index is 0.0774. The highest BCUT2D eigenvalue weighted by molar-refractivity contribution is 6.12. The molecule has 1 aromatic heterocycles. The molecular weight excluding hydrogens is 460 g/mol. The number of amides is 1. The highest BCUT2D eigenvalue weighted by Gasteiger charge is 2.43. The molecule has 1 N–H and O–H groups in total. The molecule has 0 radical (unpaired) electrons. The van der Waals surface area contributed by atoms with E-state index in [1.807, 2.05) is 31.2 Å². The van der Waals surface area contributed by atoms with Crippen molar-refractivity contribution >= 4 is 23.3 Å². The number of nitrogens with zero attached hydrogens (tertiary/aromatic N) is 3. The Hall–Kier alpha value is -4.79. The number of hydrogen-bond acceptors (Lipinski definition) is 6. The van der Waals surface area contributed by atoms with Crippen LogP contribution in [0.3, 0.4) is 0 Å². The number of aryl methyl sites for hydroxylation is 1. The lowest BCUT2D eigenvalue weighted by atomic mass is 9.95. The smallest absolute Gasteiger partial charge is 0.338 e. The molecule has 2 heterocycles. The molecule has 0 aliphatic carbocycles. The van der Waals surface area contributed by atoms with E-state index < -0.39 is 16.9 Å². The number of ether oxygens (including phenoxy) is 1. The van der Waals surface area contributed by atoms with Crippen LogP contribution in [0.2, 0.25) is 0 Å². The first-order valence-corrected chi connectivity index (χ1v) is 11.4. The van der Waals surface area contributed by atoms with Crippen molar-refractivity contribution in [3.8, 4) is 11.3 Å². The molecule has 1 atom stereocenters. The van der Waals surface area contributed by atoms with Crippen molar-refractivity contribution < 1.29 is 19.2 Å². The highest BCUT2D eigenvalue weighted by atomic mass is 16.6. The third kappa shape index (κ3) is 3.90. The first-order chi connectivity index (χ1) is 17.4. The van der Waals surface area contributed by atoms with Crippen LogP contribution in [0.25, 0.3) is 11.3 Å². The molecule has 36 heavy (non-hydrogen) atoms. The molecule has 9 nitrogen and oxygen atoms in total. The zero-order valence-electron chi connectivity index (χ0n) is 19.6. The van der Waals surface area contributed by atoms with Gasteiger partial charge in [0, 0.05) is 28.9 Å². The van der Waals surface area contributed by atoms with Gasteiger partial charge >= 0.3 is 5.97 Å². The average Bonchev–Trinajstić information content (AvgIpc) is 3.44. The predicted octanol–water partition coefficient (Wildman–Crippen LogP) is 5.22. The molecule has 0 unspecified atom stereocenters. The number of nitro groups is 1. The van der Waals surface area contributed by atoms with Crippen molar-refractivity contribution in [1.29, 1.82) is 0 Å². The van der Waals surface area contributed by atoms with Gasteiger partial charge in [-0.1, -0.05) is 42.0 Å². The van der Waals surface area contributed by atoms with Crippen LogP contribution in [-0.2, 0) is 4.74 Å². The number of nitrogens with one attached hydrogen (secondary N) is 1. The van der Waals surface area contributed by atoms with Gasteiger partial charge in [-0.25, -0.2) is 4.79 Å². The van der Waals surface area contributed by atoms with Crippen molar-refractivity contribution in [3.63, 3.8) is 0 Å². The van der Waals surface area contributed by atoms with E-state index >= 15 is 0 Å². The number of esters is 1. The lowest BCUT2D eigenvalue weighted by Gasteiger charge is -2.26. The van der Waals surface area contributed by atoms with E-state index in [1.54, 1.807) is 48.2 Å². The van der Waals surface area contributed by atoms with Crippen LogP contribution >= 0.6 is 0 Å². The molecule has 9 heteroatoms. The number of benzene rings is 3. The second-order valence-corrected chi connectivity index (χ2v) is 8.42. The molecule has 0 saturated heterocycles. The van der Waals surface area contributed by atoms with Crippen LogP contribution in [0.15, 0.2) is 72.8 Å². The van der Waals surface area contributed by atoms with E-state index in [4.69, 9.17) is 4.74 Å². The molecule has 180 valence electrons. The molecule has 0 bridgehead atoms. The van der Waals surface area contributed by atoms with E-state index in [2.05, 4.69) is 10.2 Å². The van der Waals surface area contributed by atoms with Gasteiger partial charge in [-0.15, -0.1) is 0 Å². The fourth-order valence-electron chi connectivity index (χ4n) is 4.44.